The molecule has 2 atom stereocenters. The van der Waals surface area contributed by atoms with Gasteiger partial charge in [-0.3, -0.25) is 4.79 Å². The molecule has 0 spiro atoms. The zero-order valence-electron chi connectivity index (χ0n) is 12.0. The van der Waals surface area contributed by atoms with Gasteiger partial charge < -0.3 is 18.8 Å². The van der Waals surface area contributed by atoms with E-state index in [1.807, 2.05) is 7.05 Å². The van der Waals surface area contributed by atoms with Crippen LogP contribution in [0.4, 0.5) is 0 Å². The van der Waals surface area contributed by atoms with Crippen molar-refractivity contribution in [3.8, 4) is 0 Å². The summed E-state index contributed by atoms with van der Waals surface area (Å²) in [6.07, 6.45) is 3.74. The Morgan fingerprint density at radius 2 is 2.14 bits per heavy atom. The molecule has 3 heterocycles. The number of carbonyl (C=O) groups excluding carboxylic acids is 1. The first-order valence-electron chi connectivity index (χ1n) is 7.09. The molecule has 1 aliphatic heterocycles. The van der Waals surface area contributed by atoms with Crippen LogP contribution in [0.3, 0.4) is 0 Å². The largest absolute Gasteiger partial charge is 0.469 e. The number of aliphatic hydroxyl groups is 1. The van der Waals surface area contributed by atoms with Crippen molar-refractivity contribution in [2.75, 3.05) is 20.1 Å². The van der Waals surface area contributed by atoms with Gasteiger partial charge >= 0.3 is 0 Å². The Kier molecular flexibility index (Phi) is 3.69. The lowest BCUT2D eigenvalue weighted by Crippen LogP contribution is -2.52. The molecule has 0 radical (unpaired) electrons. The molecule has 1 fully saturated rings. The Morgan fingerprint density at radius 1 is 1.38 bits per heavy atom. The lowest BCUT2D eigenvalue weighted by Gasteiger charge is -2.41. The van der Waals surface area contributed by atoms with Crippen LogP contribution >= 0.6 is 0 Å². The third-order valence-electron chi connectivity index (χ3n) is 4.21. The normalized spacial score (nSPS) is 26.9. The van der Waals surface area contributed by atoms with E-state index < -0.39 is 11.5 Å². The zero-order valence-corrected chi connectivity index (χ0v) is 12.0. The second kappa shape index (κ2) is 5.50. The summed E-state index contributed by atoms with van der Waals surface area (Å²) in [5, 5.41) is 11.0. The van der Waals surface area contributed by atoms with Crippen molar-refractivity contribution in [2.24, 2.45) is 5.92 Å². The Bertz CT molecular complexity index is 590. The van der Waals surface area contributed by atoms with Gasteiger partial charge in [0, 0.05) is 13.1 Å². The van der Waals surface area contributed by atoms with Gasteiger partial charge in [0.2, 0.25) is 0 Å². The third-order valence-corrected chi connectivity index (χ3v) is 4.21. The number of hydrogen-bond donors (Lipinski definition) is 1. The average Bonchev–Trinajstić information content (AvgIpc) is 3.14. The van der Waals surface area contributed by atoms with Crippen molar-refractivity contribution in [2.45, 2.75) is 18.4 Å². The smallest absolute Gasteiger partial charge is 0.148 e. The molecule has 1 aliphatic rings. The van der Waals surface area contributed by atoms with E-state index in [1.165, 1.54) is 6.26 Å². The van der Waals surface area contributed by atoms with E-state index in [4.69, 9.17) is 8.83 Å². The number of ketones is 1. The Morgan fingerprint density at radius 3 is 2.81 bits per heavy atom. The maximum Gasteiger partial charge on any atom is 0.148 e. The van der Waals surface area contributed by atoms with Crippen molar-refractivity contribution in [3.63, 3.8) is 0 Å². The van der Waals surface area contributed by atoms with Gasteiger partial charge in [-0.15, -0.1) is 0 Å². The second-order valence-electron chi connectivity index (χ2n) is 5.69. The molecule has 0 aliphatic carbocycles. The fraction of sp³-hybridized carbons (Fsp3) is 0.438. The number of likely N-dealkylation sites (tertiary alicyclic amines) is 1. The molecule has 1 saturated heterocycles. The summed E-state index contributed by atoms with van der Waals surface area (Å²) in [5.41, 5.74) is -1.24. The quantitative estimate of drug-likeness (QED) is 0.930. The van der Waals surface area contributed by atoms with Gasteiger partial charge in [-0.05, 0) is 37.7 Å². The fourth-order valence-electron chi connectivity index (χ4n) is 2.99. The van der Waals surface area contributed by atoms with E-state index in [9.17, 15) is 9.90 Å². The summed E-state index contributed by atoms with van der Waals surface area (Å²) >= 11 is 0. The summed E-state index contributed by atoms with van der Waals surface area (Å²) in [5.74, 6) is 0.534. The number of carbonyl (C=O) groups is 1. The van der Waals surface area contributed by atoms with Crippen LogP contribution in [-0.4, -0.2) is 35.9 Å². The van der Waals surface area contributed by atoms with Gasteiger partial charge in [0.25, 0.3) is 0 Å². The van der Waals surface area contributed by atoms with Crippen LogP contribution in [0.5, 0.6) is 0 Å². The molecule has 0 saturated carbocycles. The molecule has 3 rings (SSSR count). The van der Waals surface area contributed by atoms with Gasteiger partial charge in [-0.25, -0.2) is 0 Å². The summed E-state index contributed by atoms with van der Waals surface area (Å²) in [4.78, 5) is 14.7. The van der Waals surface area contributed by atoms with Crippen molar-refractivity contribution >= 4 is 5.78 Å². The predicted molar refractivity (Wildman–Crippen MR) is 75.6 cm³/mol. The molecule has 1 N–H and O–H groups in total. The standard InChI is InChI=1S/C16H19NO4/c1-17-7-6-16(19,15-5-3-9-21-15)13(11-17)14(18)10-12-4-2-8-20-12/h2-5,8-9,13,19H,6-7,10-11H2,1H3/t13-,16+/m1/s1. The molecular formula is C16H19NO4. The summed E-state index contributed by atoms with van der Waals surface area (Å²) in [6.45, 7) is 1.23. The minimum atomic E-state index is -1.24. The van der Waals surface area contributed by atoms with Gasteiger partial charge in [-0.2, -0.15) is 0 Å². The molecule has 2 aromatic rings. The lowest BCUT2D eigenvalue weighted by atomic mass is 9.76. The maximum atomic E-state index is 12.6. The first-order chi connectivity index (χ1) is 10.1. The van der Waals surface area contributed by atoms with Crippen LogP contribution in [-0.2, 0) is 16.8 Å². The first-order valence-corrected chi connectivity index (χ1v) is 7.09. The number of hydrogen-bond acceptors (Lipinski definition) is 5. The molecule has 0 amide bonds. The van der Waals surface area contributed by atoms with E-state index in [2.05, 4.69) is 4.90 Å². The van der Waals surface area contributed by atoms with Crippen molar-refractivity contribution < 1.29 is 18.7 Å². The lowest BCUT2D eigenvalue weighted by molar-refractivity contribution is -0.143. The van der Waals surface area contributed by atoms with Crippen molar-refractivity contribution in [1.82, 2.24) is 4.90 Å². The highest BCUT2D eigenvalue weighted by atomic mass is 16.4. The van der Waals surface area contributed by atoms with Crippen molar-refractivity contribution in [1.29, 1.82) is 0 Å². The number of rotatable bonds is 4. The molecule has 112 valence electrons. The van der Waals surface area contributed by atoms with Crippen LogP contribution in [0.15, 0.2) is 45.6 Å². The molecule has 2 aromatic heterocycles. The van der Waals surface area contributed by atoms with Gasteiger partial charge in [0.05, 0.1) is 24.9 Å². The molecule has 0 bridgehead atoms. The van der Waals surface area contributed by atoms with E-state index >= 15 is 0 Å². The maximum absolute atomic E-state index is 12.6. The molecule has 0 aromatic carbocycles. The molecular weight excluding hydrogens is 270 g/mol. The monoisotopic (exact) mass is 289 g/mol. The summed E-state index contributed by atoms with van der Waals surface area (Å²) in [6, 6.07) is 7.00. The average molecular weight is 289 g/mol. The highest BCUT2D eigenvalue weighted by Gasteiger charge is 2.47. The number of piperidine rings is 1. The van der Waals surface area contributed by atoms with Gasteiger partial charge in [0.1, 0.15) is 22.9 Å². The Labute approximate surface area is 123 Å². The Balaban J connectivity index is 1.86. The number of nitrogens with zero attached hydrogens (tertiary/aromatic N) is 1. The van der Waals surface area contributed by atoms with Crippen LogP contribution in [0.25, 0.3) is 0 Å². The summed E-state index contributed by atoms with van der Waals surface area (Å²) in [7, 11) is 1.95. The molecule has 5 nitrogen and oxygen atoms in total. The minimum absolute atomic E-state index is 0.0320. The van der Waals surface area contributed by atoms with E-state index in [1.54, 1.807) is 30.5 Å². The SMILES string of the molecule is CN1CC[C@@](O)(c2ccco2)[C@@H](C(=O)Cc2ccco2)C1. The number of furan rings is 2. The van der Waals surface area contributed by atoms with Gasteiger partial charge in [-0.1, -0.05) is 0 Å². The number of Topliss-reactive ketones (excluding diaryl/α,β-unsaturated/α-hetero) is 1. The minimum Gasteiger partial charge on any atom is -0.469 e. The molecule has 0 unspecified atom stereocenters. The predicted octanol–water partition coefficient (Wildman–Crippen LogP) is 1.82. The van der Waals surface area contributed by atoms with Crippen LogP contribution in [0.1, 0.15) is 17.9 Å². The third kappa shape index (κ3) is 2.66. The van der Waals surface area contributed by atoms with Crippen LogP contribution < -0.4 is 0 Å². The second-order valence-corrected chi connectivity index (χ2v) is 5.69. The fourth-order valence-corrected chi connectivity index (χ4v) is 2.99. The van der Waals surface area contributed by atoms with Crippen LogP contribution in [0.2, 0.25) is 0 Å². The first kappa shape index (κ1) is 14.1. The van der Waals surface area contributed by atoms with Crippen LogP contribution in [0, 0.1) is 5.92 Å². The van der Waals surface area contributed by atoms with Gasteiger partial charge in [0.15, 0.2) is 0 Å². The van der Waals surface area contributed by atoms with E-state index in [0.29, 0.717) is 24.5 Å². The molecule has 5 heteroatoms. The molecule has 21 heavy (non-hydrogen) atoms. The van der Waals surface area contributed by atoms with E-state index in [0.717, 1.165) is 6.54 Å². The van der Waals surface area contributed by atoms with Crippen molar-refractivity contribution in [3.05, 3.63) is 48.3 Å². The topological polar surface area (TPSA) is 66.8 Å². The highest BCUT2D eigenvalue weighted by Crippen LogP contribution is 2.38. The zero-order chi connectivity index (χ0) is 14.9. The highest BCUT2D eigenvalue weighted by molar-refractivity contribution is 5.84. The Hall–Kier alpha value is -1.85. The summed E-state index contributed by atoms with van der Waals surface area (Å²) < 4.78 is 10.6. The van der Waals surface area contributed by atoms with E-state index in [-0.39, 0.29) is 12.2 Å².